The van der Waals surface area contributed by atoms with Crippen LogP contribution in [0.5, 0.6) is 11.5 Å². The van der Waals surface area contributed by atoms with Gasteiger partial charge in [-0.25, -0.2) is 19.2 Å². The highest BCUT2D eigenvalue weighted by Crippen LogP contribution is 2.38. The summed E-state index contributed by atoms with van der Waals surface area (Å²) in [6.45, 7) is 12.9. The van der Waals surface area contributed by atoms with E-state index in [1.807, 2.05) is 26.0 Å². The minimum absolute atomic E-state index is 0.143. The summed E-state index contributed by atoms with van der Waals surface area (Å²) in [4.78, 5) is 55.4. The third-order valence-electron chi connectivity index (χ3n) is 8.60. The Labute approximate surface area is 362 Å². The number of rotatable bonds is 30. The van der Waals surface area contributed by atoms with E-state index < -0.39 is 17.4 Å². The zero-order chi connectivity index (χ0) is 45.1. The zero-order valence-electron chi connectivity index (χ0n) is 36.1. The fraction of sp³-hybridized carbons (Fsp3) is 0.535. The lowest BCUT2D eigenvalue weighted by molar-refractivity contribution is -0.148. The molecule has 5 N–H and O–H groups in total. The van der Waals surface area contributed by atoms with Gasteiger partial charge in [0.15, 0.2) is 0 Å². The summed E-state index contributed by atoms with van der Waals surface area (Å²) in [6.07, 6.45) is 6.40. The molecule has 338 valence electrons. The molecule has 0 bridgehead atoms. The number of halogens is 1. The van der Waals surface area contributed by atoms with E-state index in [-0.39, 0.29) is 94.6 Å². The Morgan fingerprint density at radius 3 is 1.97 bits per heavy atom. The monoisotopic (exact) mass is 875 g/mol. The summed E-state index contributed by atoms with van der Waals surface area (Å²) < 4.78 is 44.4. The number of hydrogen-bond donors (Lipinski definition) is 5. The summed E-state index contributed by atoms with van der Waals surface area (Å²) >= 11 is 1.28. The number of carbonyl (C=O) groups is 4. The molecule has 0 fully saturated rings. The highest BCUT2D eigenvalue weighted by atomic mass is 32.2. The van der Waals surface area contributed by atoms with Crippen LogP contribution in [0.25, 0.3) is 0 Å². The van der Waals surface area contributed by atoms with Crippen LogP contribution >= 0.6 is 11.9 Å². The first-order valence-corrected chi connectivity index (χ1v) is 21.1. The molecule has 16 nitrogen and oxygen atoms in total. The first-order valence-electron chi connectivity index (χ1n) is 20.3. The van der Waals surface area contributed by atoms with Gasteiger partial charge in [0.25, 0.3) is 5.91 Å². The number of carboxylic acid groups (broad SMARTS) is 2. The Morgan fingerprint density at radius 2 is 1.34 bits per heavy atom. The molecule has 0 radical (unpaired) electrons. The van der Waals surface area contributed by atoms with E-state index in [0.717, 1.165) is 24.2 Å². The van der Waals surface area contributed by atoms with Crippen LogP contribution in [0.3, 0.4) is 0 Å². The van der Waals surface area contributed by atoms with Crippen LogP contribution in [0, 0.1) is 16.6 Å². The first-order chi connectivity index (χ1) is 29.1. The summed E-state index contributed by atoms with van der Waals surface area (Å²) in [5.74, 6) is -1.40. The van der Waals surface area contributed by atoms with Gasteiger partial charge in [-0.05, 0) is 105 Å². The molecule has 0 atom stereocenters. The number of ether oxygens (including phenoxy) is 5. The molecule has 0 spiro atoms. The van der Waals surface area contributed by atoms with Crippen molar-refractivity contribution in [2.45, 2.75) is 78.5 Å². The minimum atomic E-state index is -1.05. The zero-order valence-corrected chi connectivity index (χ0v) is 36.9. The van der Waals surface area contributed by atoms with Crippen molar-refractivity contribution in [1.29, 1.82) is 0 Å². The molecule has 1 heterocycles. The van der Waals surface area contributed by atoms with Crippen molar-refractivity contribution in [3.63, 3.8) is 0 Å². The van der Waals surface area contributed by atoms with E-state index in [0.29, 0.717) is 35.9 Å². The molecule has 0 saturated carbocycles. The van der Waals surface area contributed by atoms with Gasteiger partial charge in [0.1, 0.15) is 30.5 Å². The van der Waals surface area contributed by atoms with Crippen LogP contribution in [0.2, 0.25) is 0 Å². The van der Waals surface area contributed by atoms with Crippen LogP contribution in [-0.4, -0.2) is 110 Å². The quantitative estimate of drug-likeness (QED) is 0.0344. The van der Waals surface area contributed by atoms with Crippen LogP contribution < -0.4 is 20.1 Å². The molecule has 2 aromatic carbocycles. The van der Waals surface area contributed by atoms with Gasteiger partial charge in [-0.1, -0.05) is 34.1 Å². The van der Waals surface area contributed by atoms with E-state index >= 15 is 0 Å². The largest absolute Gasteiger partial charge is 0.481 e. The highest BCUT2D eigenvalue weighted by Gasteiger charge is 2.34. The molecule has 3 rings (SSSR count). The SMILES string of the molecule is CC.CC(C)(CCCCc1cc(Oc2ccc(SNc3ncc(C(=O)NCCOCCOCC(=O)NCCOCCOCC(=O)O)cn3)cc2)ccc1F)CC(C)(C)C(=O)O. The van der Waals surface area contributed by atoms with Gasteiger partial charge in [-0.2, -0.15) is 0 Å². The minimum Gasteiger partial charge on any atom is -0.481 e. The fourth-order valence-electron chi connectivity index (χ4n) is 5.82. The number of unbranched alkanes of at least 4 members (excludes halogenated alkanes) is 1. The van der Waals surface area contributed by atoms with Crippen molar-refractivity contribution in [3.8, 4) is 11.5 Å². The van der Waals surface area contributed by atoms with Crippen LogP contribution in [0.4, 0.5) is 10.3 Å². The maximum atomic E-state index is 14.6. The Morgan fingerprint density at radius 1 is 0.754 bits per heavy atom. The molecule has 0 aliphatic heterocycles. The van der Waals surface area contributed by atoms with Crippen molar-refractivity contribution < 1.29 is 57.5 Å². The average molecular weight is 876 g/mol. The van der Waals surface area contributed by atoms with Gasteiger partial charge in [0.05, 0.1) is 50.6 Å². The summed E-state index contributed by atoms with van der Waals surface area (Å²) in [7, 11) is 0. The molecule has 3 aromatic rings. The van der Waals surface area contributed by atoms with Crippen molar-refractivity contribution in [3.05, 3.63) is 71.8 Å². The summed E-state index contributed by atoms with van der Waals surface area (Å²) in [6, 6.07) is 12.0. The second kappa shape index (κ2) is 28.6. The summed E-state index contributed by atoms with van der Waals surface area (Å²) in [5.41, 5.74) is -0.0949. The van der Waals surface area contributed by atoms with Crippen molar-refractivity contribution in [1.82, 2.24) is 20.6 Å². The topological polar surface area (TPSA) is 217 Å². The van der Waals surface area contributed by atoms with E-state index in [4.69, 9.17) is 28.8 Å². The average Bonchev–Trinajstić information content (AvgIpc) is 3.22. The first kappa shape index (κ1) is 52.3. The molecule has 0 saturated heterocycles. The highest BCUT2D eigenvalue weighted by molar-refractivity contribution is 8.00. The number of amides is 2. The van der Waals surface area contributed by atoms with E-state index in [2.05, 4.69) is 39.2 Å². The van der Waals surface area contributed by atoms with Gasteiger partial charge < -0.3 is 44.5 Å². The smallest absolute Gasteiger partial charge is 0.329 e. The van der Waals surface area contributed by atoms with Crippen molar-refractivity contribution in [2.75, 3.05) is 70.7 Å². The van der Waals surface area contributed by atoms with Gasteiger partial charge >= 0.3 is 11.9 Å². The number of nitrogens with one attached hydrogen (secondary N) is 3. The number of nitrogens with zero attached hydrogens (tertiary/aromatic N) is 2. The molecular weight excluding hydrogens is 814 g/mol. The van der Waals surface area contributed by atoms with Crippen LogP contribution in [0.15, 0.2) is 59.8 Å². The second-order valence-corrected chi connectivity index (χ2v) is 15.8. The number of hydrogen-bond acceptors (Lipinski definition) is 13. The van der Waals surface area contributed by atoms with Crippen molar-refractivity contribution in [2.24, 2.45) is 10.8 Å². The van der Waals surface area contributed by atoms with E-state index in [1.165, 1.54) is 30.4 Å². The summed E-state index contributed by atoms with van der Waals surface area (Å²) in [5, 5.41) is 23.3. The Bertz CT molecular complexity index is 1770. The van der Waals surface area contributed by atoms with Crippen molar-refractivity contribution >= 4 is 41.6 Å². The maximum Gasteiger partial charge on any atom is 0.329 e. The van der Waals surface area contributed by atoms with Gasteiger partial charge in [0, 0.05) is 30.4 Å². The molecule has 61 heavy (non-hydrogen) atoms. The Hall–Kier alpha value is -4.88. The molecule has 2 amide bonds. The number of aryl methyl sites for hydroxylation is 1. The third kappa shape index (κ3) is 22.5. The number of carboxylic acids is 2. The Kier molecular flexibility index (Phi) is 24.5. The number of aliphatic carboxylic acids is 2. The van der Waals surface area contributed by atoms with Gasteiger partial charge in [0.2, 0.25) is 11.9 Å². The van der Waals surface area contributed by atoms with E-state index in [1.54, 1.807) is 38.1 Å². The third-order valence-corrected chi connectivity index (χ3v) is 9.40. The molecule has 0 aliphatic rings. The van der Waals surface area contributed by atoms with E-state index in [9.17, 15) is 28.7 Å². The number of anilines is 1. The fourth-order valence-corrected chi connectivity index (χ4v) is 6.40. The molecule has 18 heteroatoms. The van der Waals surface area contributed by atoms with Crippen LogP contribution in [-0.2, 0) is 39.8 Å². The molecule has 1 aromatic heterocycles. The molecule has 0 aliphatic carbocycles. The maximum absolute atomic E-state index is 14.6. The molecule has 0 unspecified atom stereocenters. The lowest BCUT2D eigenvalue weighted by Crippen LogP contribution is -2.31. The predicted octanol–water partition coefficient (Wildman–Crippen LogP) is 6.79. The lowest BCUT2D eigenvalue weighted by atomic mass is 9.72. The van der Waals surface area contributed by atoms with Crippen LogP contribution in [0.1, 0.15) is 83.1 Å². The number of aromatic nitrogens is 2. The van der Waals surface area contributed by atoms with Gasteiger partial charge in [-0.15, -0.1) is 0 Å². The normalized spacial score (nSPS) is 11.3. The van der Waals surface area contributed by atoms with Gasteiger partial charge in [-0.3, -0.25) is 19.1 Å². The molecular formula is C43H62FN5O11S. The Balaban J connectivity index is 0.00000631. The predicted molar refractivity (Wildman–Crippen MR) is 229 cm³/mol. The standard InChI is InChI=1S/C41H56FN5O11S.C2H6/c1-40(2,28-41(3,4)38(52)53)14-6-5-7-29-23-32(10-13-34(29)42)58-31-8-11-33(12-9-31)59-47-39-45-24-30(25-46-39)37(51)44-16-18-55-19-21-56-26-35(48)43-15-17-54-20-22-57-27-36(49)50;1-2/h8-13,23-25H,5-7,14-22,26-28H2,1-4H3,(H,43,48)(H,44,51)(H,49,50)(H,52,53)(H,45,46,47);1-2H3. The number of benzene rings is 2. The lowest BCUT2D eigenvalue weighted by Gasteiger charge is -2.32. The second-order valence-electron chi connectivity index (χ2n) is 14.9. The number of carbonyl (C=O) groups excluding carboxylic acids is 2.